The maximum Gasteiger partial charge on any atom is 0.317 e. The maximum absolute atomic E-state index is 12.7. The molecule has 16 heteroatoms. The first-order valence-corrected chi connectivity index (χ1v) is 14.3. The van der Waals surface area contributed by atoms with Crippen LogP contribution in [0.5, 0.6) is 0 Å². The summed E-state index contributed by atoms with van der Waals surface area (Å²) in [6, 6.07) is 6.03. The van der Waals surface area contributed by atoms with Crippen molar-refractivity contribution < 1.29 is 42.9 Å². The quantitative estimate of drug-likeness (QED) is 0.171. The number of benzene rings is 1. The van der Waals surface area contributed by atoms with Crippen LogP contribution in [0.1, 0.15) is 5.56 Å². The summed E-state index contributed by atoms with van der Waals surface area (Å²) in [5.74, 6) is -3.34. The summed E-state index contributed by atoms with van der Waals surface area (Å²) in [5, 5.41) is 35.8. The number of nitrogens with two attached hydrogens (primary N) is 1. The molecular weight excluding hydrogens is 548 g/mol. The summed E-state index contributed by atoms with van der Waals surface area (Å²) in [6.45, 7) is 2.08. The number of nitrogens with zero attached hydrogens (tertiary/aromatic N) is 4. The van der Waals surface area contributed by atoms with Crippen molar-refractivity contribution in [2.75, 3.05) is 85.1 Å². The van der Waals surface area contributed by atoms with Crippen molar-refractivity contribution in [3.05, 3.63) is 29.8 Å². The van der Waals surface area contributed by atoms with E-state index in [1.54, 1.807) is 26.8 Å². The molecule has 0 spiro atoms. The van der Waals surface area contributed by atoms with E-state index in [1.165, 1.54) is 12.1 Å². The van der Waals surface area contributed by atoms with Gasteiger partial charge in [-0.2, -0.15) is 0 Å². The lowest BCUT2D eigenvalue weighted by Crippen LogP contribution is -2.49. The van der Waals surface area contributed by atoms with Gasteiger partial charge in [0.1, 0.15) is 0 Å². The van der Waals surface area contributed by atoms with Crippen LogP contribution in [-0.2, 0) is 35.6 Å². The van der Waals surface area contributed by atoms with Crippen LogP contribution in [0.15, 0.2) is 29.2 Å². The second kappa shape index (κ2) is 16.2. The van der Waals surface area contributed by atoms with Crippen molar-refractivity contribution in [1.82, 2.24) is 24.9 Å². The van der Waals surface area contributed by atoms with Crippen LogP contribution in [-0.4, -0.2) is 152 Å². The van der Waals surface area contributed by atoms with Crippen molar-refractivity contribution in [3.8, 4) is 0 Å². The number of carboxylic acid groups (broad SMARTS) is 3. The number of carbonyl (C=O) groups is 4. The third-order valence-corrected chi connectivity index (χ3v) is 7.29. The lowest BCUT2D eigenvalue weighted by Gasteiger charge is -2.32. The smallest absolute Gasteiger partial charge is 0.317 e. The Kier molecular flexibility index (Phi) is 13.4. The molecule has 0 aliphatic carbocycles. The molecule has 1 fully saturated rings. The molecule has 1 aromatic carbocycles. The van der Waals surface area contributed by atoms with E-state index in [2.05, 4.69) is 5.32 Å². The fourth-order valence-corrected chi connectivity index (χ4v) is 4.75. The Morgan fingerprint density at radius 1 is 0.675 bits per heavy atom. The zero-order chi connectivity index (χ0) is 29.7. The van der Waals surface area contributed by atoms with Gasteiger partial charge in [0.15, 0.2) is 0 Å². The molecular formula is C24H38N6O9S. The molecule has 1 aliphatic heterocycles. The molecule has 224 valence electrons. The van der Waals surface area contributed by atoms with Crippen LogP contribution in [0.2, 0.25) is 0 Å². The largest absolute Gasteiger partial charge is 0.480 e. The molecule has 1 aromatic rings. The highest BCUT2D eigenvalue weighted by Crippen LogP contribution is 2.09. The summed E-state index contributed by atoms with van der Waals surface area (Å²) in [7, 11) is -3.79. The predicted molar refractivity (Wildman–Crippen MR) is 143 cm³/mol. The molecule has 40 heavy (non-hydrogen) atoms. The third-order valence-electron chi connectivity index (χ3n) is 6.36. The van der Waals surface area contributed by atoms with Gasteiger partial charge in [0.2, 0.25) is 15.9 Å². The minimum Gasteiger partial charge on any atom is -0.480 e. The molecule has 1 heterocycles. The number of amides is 1. The zero-order valence-electron chi connectivity index (χ0n) is 22.3. The summed E-state index contributed by atoms with van der Waals surface area (Å²) >= 11 is 0. The minimum absolute atomic E-state index is 0.000864. The number of hydrogen-bond donors (Lipinski definition) is 5. The van der Waals surface area contributed by atoms with E-state index in [-0.39, 0.29) is 37.0 Å². The number of carboxylic acids is 3. The molecule has 0 aromatic heterocycles. The lowest BCUT2D eigenvalue weighted by atomic mass is 10.1. The Morgan fingerprint density at radius 3 is 1.35 bits per heavy atom. The highest BCUT2D eigenvalue weighted by atomic mass is 32.2. The van der Waals surface area contributed by atoms with Gasteiger partial charge >= 0.3 is 17.9 Å². The Balaban J connectivity index is 2.01. The first-order chi connectivity index (χ1) is 18.8. The average Bonchev–Trinajstić information content (AvgIpc) is 2.84. The number of hydrogen-bond acceptors (Lipinski definition) is 10. The van der Waals surface area contributed by atoms with E-state index in [1.807, 2.05) is 4.90 Å². The lowest BCUT2D eigenvalue weighted by molar-refractivity contribution is -0.140. The molecule has 0 saturated carbocycles. The minimum atomic E-state index is -3.79. The van der Waals surface area contributed by atoms with E-state index in [9.17, 15) is 42.9 Å². The van der Waals surface area contributed by atoms with Gasteiger partial charge in [0, 0.05) is 58.9 Å². The average molecular weight is 587 g/mol. The van der Waals surface area contributed by atoms with Crippen LogP contribution in [0.25, 0.3) is 0 Å². The van der Waals surface area contributed by atoms with Crippen molar-refractivity contribution in [3.63, 3.8) is 0 Å². The van der Waals surface area contributed by atoms with Gasteiger partial charge in [-0.15, -0.1) is 0 Å². The summed E-state index contributed by atoms with van der Waals surface area (Å²) in [4.78, 5) is 53.6. The number of aliphatic carboxylic acids is 3. The standard InChI is InChI=1S/C24H38N6O9S/c25-40(38,39)20-3-1-19(2-4-20)5-6-26-21(31)15-27-7-9-28(16-22(32)33)11-13-30(18-24(36)37)14-12-29(10-8-27)17-23(34)35/h1-4H,5-18H2,(H,26,31)(H,32,33)(H,34,35)(H,36,37)(H2,25,38,39). The molecule has 0 unspecified atom stereocenters. The van der Waals surface area contributed by atoms with Crippen LogP contribution in [0.3, 0.4) is 0 Å². The summed E-state index contributed by atoms with van der Waals surface area (Å²) < 4.78 is 22.8. The van der Waals surface area contributed by atoms with Crippen LogP contribution >= 0.6 is 0 Å². The number of carbonyl (C=O) groups excluding carboxylic acids is 1. The molecule has 0 bridgehead atoms. The SMILES string of the molecule is NS(=O)(=O)c1ccc(CCNC(=O)CN2CCN(CC(=O)O)CCN(CC(=O)O)CCN(CC(=O)O)CC2)cc1. The zero-order valence-corrected chi connectivity index (χ0v) is 23.1. The van der Waals surface area contributed by atoms with Crippen molar-refractivity contribution in [2.45, 2.75) is 11.3 Å². The normalized spacial score (nSPS) is 17.4. The molecule has 1 amide bonds. The number of sulfonamides is 1. The van der Waals surface area contributed by atoms with Crippen LogP contribution in [0, 0.1) is 0 Å². The van der Waals surface area contributed by atoms with Gasteiger partial charge in [-0.1, -0.05) is 12.1 Å². The molecule has 0 radical (unpaired) electrons. The topological polar surface area (TPSA) is 214 Å². The van der Waals surface area contributed by atoms with E-state index >= 15 is 0 Å². The molecule has 1 aliphatic rings. The van der Waals surface area contributed by atoms with Crippen molar-refractivity contribution in [2.24, 2.45) is 5.14 Å². The van der Waals surface area contributed by atoms with Crippen LogP contribution < -0.4 is 10.5 Å². The van der Waals surface area contributed by atoms with Crippen molar-refractivity contribution >= 4 is 33.8 Å². The molecule has 15 nitrogen and oxygen atoms in total. The van der Waals surface area contributed by atoms with Gasteiger partial charge in [-0.05, 0) is 24.1 Å². The highest BCUT2D eigenvalue weighted by Gasteiger charge is 2.21. The fraction of sp³-hybridized carbons (Fsp3) is 0.583. The van der Waals surface area contributed by atoms with Gasteiger partial charge in [-0.25, -0.2) is 13.6 Å². The fourth-order valence-electron chi connectivity index (χ4n) is 4.24. The third kappa shape index (κ3) is 13.3. The number of nitrogens with one attached hydrogen (secondary N) is 1. The Morgan fingerprint density at radius 2 is 1.02 bits per heavy atom. The van der Waals surface area contributed by atoms with Gasteiger partial charge < -0.3 is 20.6 Å². The van der Waals surface area contributed by atoms with Gasteiger partial charge in [0.05, 0.1) is 31.1 Å². The number of rotatable bonds is 12. The van der Waals surface area contributed by atoms with E-state index in [4.69, 9.17) is 5.14 Å². The van der Waals surface area contributed by atoms with E-state index < -0.39 is 27.9 Å². The second-order valence-electron chi connectivity index (χ2n) is 9.57. The number of primary sulfonamides is 1. The molecule has 0 atom stereocenters. The molecule has 1 saturated heterocycles. The maximum atomic E-state index is 12.7. The van der Waals surface area contributed by atoms with E-state index in [0.29, 0.717) is 65.3 Å². The first kappa shape index (κ1) is 33.1. The second-order valence-corrected chi connectivity index (χ2v) is 11.1. The first-order valence-electron chi connectivity index (χ1n) is 12.7. The van der Waals surface area contributed by atoms with Gasteiger partial charge in [0.25, 0.3) is 0 Å². The Bertz CT molecular complexity index is 1080. The van der Waals surface area contributed by atoms with Gasteiger partial charge in [-0.3, -0.25) is 38.8 Å². The molecule has 2 rings (SSSR count). The Hall–Kier alpha value is -3.15. The monoisotopic (exact) mass is 586 g/mol. The highest BCUT2D eigenvalue weighted by molar-refractivity contribution is 7.89. The summed E-state index contributed by atoms with van der Waals surface area (Å²) in [5.41, 5.74) is 0.810. The molecule has 6 N–H and O–H groups in total. The van der Waals surface area contributed by atoms with Crippen molar-refractivity contribution in [1.29, 1.82) is 0 Å². The Labute approximate surface area is 233 Å². The summed E-state index contributed by atoms with van der Waals surface area (Å²) in [6.07, 6.45) is 0.461. The van der Waals surface area contributed by atoms with Crippen LogP contribution in [0.4, 0.5) is 0 Å². The predicted octanol–water partition coefficient (Wildman–Crippen LogP) is -2.53. The van der Waals surface area contributed by atoms with E-state index in [0.717, 1.165) is 5.56 Å².